The van der Waals surface area contributed by atoms with Crippen molar-refractivity contribution in [2.75, 3.05) is 38.0 Å². The summed E-state index contributed by atoms with van der Waals surface area (Å²) < 4.78 is 23.9. The van der Waals surface area contributed by atoms with Crippen LogP contribution in [0.5, 0.6) is 5.75 Å². The summed E-state index contributed by atoms with van der Waals surface area (Å²) in [5.74, 6) is 1.84. The number of imidazole rings is 1. The molecule has 0 radical (unpaired) electrons. The molecule has 9 nitrogen and oxygen atoms in total. The number of hydrogen-bond donors (Lipinski definition) is 1. The Bertz CT molecular complexity index is 1520. The van der Waals surface area contributed by atoms with Crippen LogP contribution < -0.4 is 10.1 Å². The van der Waals surface area contributed by atoms with Crippen molar-refractivity contribution in [3.8, 4) is 17.0 Å². The van der Waals surface area contributed by atoms with Crippen molar-refractivity contribution in [3.05, 3.63) is 53.9 Å². The van der Waals surface area contributed by atoms with E-state index in [2.05, 4.69) is 68.4 Å². The normalized spacial score (nSPS) is 15.1. The van der Waals surface area contributed by atoms with Gasteiger partial charge in [-0.3, -0.25) is 4.90 Å². The van der Waals surface area contributed by atoms with Gasteiger partial charge in [-0.2, -0.15) is 0 Å². The Hall–Kier alpha value is -3.63. The Balaban J connectivity index is 1.41. The lowest BCUT2D eigenvalue weighted by Gasteiger charge is -2.33. The number of aryl methyl sites for hydroxylation is 1. The SMILES string of the molecule is CCN1CCN(Cc2ccc(Nc3ncc(F)c(-c4cc(OC(C)(C)CC)c5nc(C)n(C(C)C)c5c4)n3)nc2)CC1. The van der Waals surface area contributed by atoms with Crippen LogP contribution in [0.3, 0.4) is 0 Å². The molecule has 4 heterocycles. The number of nitrogens with zero attached hydrogens (tertiary/aromatic N) is 7. The Morgan fingerprint density at radius 3 is 2.38 bits per heavy atom. The highest BCUT2D eigenvalue weighted by molar-refractivity contribution is 5.88. The molecule has 1 aromatic carbocycles. The minimum Gasteiger partial charge on any atom is -0.486 e. The number of benzene rings is 1. The lowest BCUT2D eigenvalue weighted by molar-refractivity contribution is 0.107. The van der Waals surface area contributed by atoms with Crippen molar-refractivity contribution < 1.29 is 9.13 Å². The number of fused-ring (bicyclic) bond motifs is 1. The monoisotopic (exact) mass is 574 g/mol. The summed E-state index contributed by atoms with van der Waals surface area (Å²) >= 11 is 0. The summed E-state index contributed by atoms with van der Waals surface area (Å²) in [6, 6.07) is 7.91. The highest BCUT2D eigenvalue weighted by Crippen LogP contribution is 2.37. The predicted octanol–water partition coefficient (Wildman–Crippen LogP) is 6.37. The number of likely N-dealkylation sites (N-methyl/N-ethyl adjacent to an activating group) is 1. The zero-order chi connectivity index (χ0) is 30.0. The summed E-state index contributed by atoms with van der Waals surface area (Å²) in [6.45, 7) is 20.9. The number of ether oxygens (including phenoxy) is 1. The fourth-order valence-corrected chi connectivity index (χ4v) is 5.37. The van der Waals surface area contributed by atoms with Gasteiger partial charge in [0, 0.05) is 50.5 Å². The molecule has 0 spiro atoms. The summed E-state index contributed by atoms with van der Waals surface area (Å²) in [5, 5.41) is 3.15. The van der Waals surface area contributed by atoms with Gasteiger partial charge in [-0.25, -0.2) is 24.3 Å². The average Bonchev–Trinajstić information content (AvgIpc) is 3.31. The molecule has 0 aliphatic carbocycles. The van der Waals surface area contributed by atoms with Gasteiger partial charge in [0.2, 0.25) is 5.95 Å². The third-order valence-electron chi connectivity index (χ3n) is 8.09. The number of nitrogens with one attached hydrogen (secondary N) is 1. The van der Waals surface area contributed by atoms with Gasteiger partial charge in [-0.05, 0) is 71.3 Å². The zero-order valence-electron chi connectivity index (χ0n) is 25.9. The van der Waals surface area contributed by atoms with E-state index in [0.717, 1.165) is 68.1 Å². The van der Waals surface area contributed by atoms with Crippen LogP contribution in [-0.2, 0) is 6.54 Å². The average molecular weight is 575 g/mol. The van der Waals surface area contributed by atoms with E-state index in [-0.39, 0.29) is 17.7 Å². The molecule has 1 fully saturated rings. The van der Waals surface area contributed by atoms with Gasteiger partial charge in [0.1, 0.15) is 34.2 Å². The summed E-state index contributed by atoms with van der Waals surface area (Å²) in [6.07, 6.45) is 3.88. The molecule has 0 amide bonds. The van der Waals surface area contributed by atoms with Crippen LogP contribution in [0.2, 0.25) is 0 Å². The Morgan fingerprint density at radius 1 is 1.00 bits per heavy atom. The van der Waals surface area contributed by atoms with Gasteiger partial charge in [0.25, 0.3) is 0 Å². The lowest BCUT2D eigenvalue weighted by Crippen LogP contribution is -2.45. The first-order valence-corrected chi connectivity index (χ1v) is 15.0. The van der Waals surface area contributed by atoms with Crippen molar-refractivity contribution in [2.45, 2.75) is 73.1 Å². The van der Waals surface area contributed by atoms with Crippen molar-refractivity contribution in [1.82, 2.24) is 34.3 Å². The fourth-order valence-electron chi connectivity index (χ4n) is 5.37. The highest BCUT2D eigenvalue weighted by Gasteiger charge is 2.24. The molecule has 0 unspecified atom stereocenters. The zero-order valence-corrected chi connectivity index (χ0v) is 25.9. The molecule has 0 bridgehead atoms. The molecule has 3 aromatic heterocycles. The van der Waals surface area contributed by atoms with Crippen LogP contribution in [-0.4, -0.2) is 72.6 Å². The topological polar surface area (TPSA) is 84.2 Å². The number of halogens is 1. The quantitative estimate of drug-likeness (QED) is 0.234. The summed E-state index contributed by atoms with van der Waals surface area (Å²) in [5.41, 5.74) is 3.16. The second-order valence-electron chi connectivity index (χ2n) is 12.0. The molecule has 10 heteroatoms. The minimum absolute atomic E-state index is 0.166. The Kier molecular flexibility index (Phi) is 8.75. The van der Waals surface area contributed by atoms with Crippen LogP contribution in [0.4, 0.5) is 16.2 Å². The largest absolute Gasteiger partial charge is 0.486 e. The van der Waals surface area contributed by atoms with E-state index in [4.69, 9.17) is 9.72 Å². The smallest absolute Gasteiger partial charge is 0.229 e. The maximum Gasteiger partial charge on any atom is 0.229 e. The highest BCUT2D eigenvalue weighted by atomic mass is 19.1. The summed E-state index contributed by atoms with van der Waals surface area (Å²) in [4.78, 5) is 23.1. The van der Waals surface area contributed by atoms with Gasteiger partial charge >= 0.3 is 0 Å². The predicted molar refractivity (Wildman–Crippen MR) is 166 cm³/mol. The molecule has 42 heavy (non-hydrogen) atoms. The molecule has 5 rings (SSSR count). The molecule has 224 valence electrons. The van der Waals surface area contributed by atoms with E-state index in [9.17, 15) is 0 Å². The minimum atomic E-state index is -0.514. The first kappa shape index (κ1) is 29.8. The third-order valence-corrected chi connectivity index (χ3v) is 8.09. The van der Waals surface area contributed by atoms with Crippen molar-refractivity contribution in [3.63, 3.8) is 0 Å². The maximum absolute atomic E-state index is 15.3. The van der Waals surface area contributed by atoms with E-state index in [1.54, 1.807) is 0 Å². The van der Waals surface area contributed by atoms with E-state index >= 15 is 4.39 Å². The van der Waals surface area contributed by atoms with Crippen LogP contribution in [0.15, 0.2) is 36.7 Å². The van der Waals surface area contributed by atoms with Crippen molar-refractivity contribution in [2.24, 2.45) is 0 Å². The molecule has 0 saturated carbocycles. The van der Waals surface area contributed by atoms with E-state index in [1.165, 1.54) is 6.20 Å². The second-order valence-corrected chi connectivity index (χ2v) is 12.0. The van der Waals surface area contributed by atoms with Crippen LogP contribution in [0.1, 0.15) is 65.4 Å². The van der Waals surface area contributed by atoms with Crippen molar-refractivity contribution >= 4 is 22.8 Å². The fraction of sp³-hybridized carbons (Fsp3) is 0.500. The third kappa shape index (κ3) is 6.55. The van der Waals surface area contributed by atoms with Gasteiger partial charge in [-0.1, -0.05) is 19.9 Å². The second kappa shape index (κ2) is 12.3. The maximum atomic E-state index is 15.3. The molecule has 1 saturated heterocycles. The first-order valence-electron chi connectivity index (χ1n) is 15.0. The molecule has 0 atom stereocenters. The van der Waals surface area contributed by atoms with E-state index in [1.807, 2.05) is 45.2 Å². The van der Waals surface area contributed by atoms with Gasteiger partial charge in [-0.15, -0.1) is 0 Å². The summed E-state index contributed by atoms with van der Waals surface area (Å²) in [7, 11) is 0. The van der Waals surface area contributed by atoms with Crippen molar-refractivity contribution in [1.29, 1.82) is 0 Å². The molecular formula is C32H43FN8O. The lowest BCUT2D eigenvalue weighted by atomic mass is 10.1. The Morgan fingerprint density at radius 2 is 1.74 bits per heavy atom. The number of piperazine rings is 1. The number of aromatic nitrogens is 5. The van der Waals surface area contributed by atoms with E-state index < -0.39 is 11.4 Å². The number of pyridine rings is 1. The molecule has 1 aliphatic rings. The molecular weight excluding hydrogens is 531 g/mol. The first-order chi connectivity index (χ1) is 20.1. The number of hydrogen-bond acceptors (Lipinski definition) is 8. The molecule has 1 N–H and O–H groups in total. The van der Waals surface area contributed by atoms with Crippen LogP contribution in [0.25, 0.3) is 22.3 Å². The van der Waals surface area contributed by atoms with E-state index in [0.29, 0.717) is 17.1 Å². The number of anilines is 2. The molecule has 4 aromatic rings. The number of rotatable bonds is 10. The van der Waals surface area contributed by atoms with Crippen LogP contribution >= 0.6 is 0 Å². The van der Waals surface area contributed by atoms with Gasteiger partial charge in [0.15, 0.2) is 5.82 Å². The standard InChI is InChI=1S/C32H43FN8O/c1-8-32(6,7)42-27-17-24(16-26-30(27)36-22(5)41(26)21(3)4)29-25(33)19-35-31(38-29)37-28-11-10-23(18-34-28)20-40-14-12-39(9-2)13-15-40/h10-11,16-19,21H,8-9,12-15,20H2,1-7H3,(H,34,35,37,38). The molecule has 1 aliphatic heterocycles. The van der Waals surface area contributed by atoms with Crippen LogP contribution in [0, 0.1) is 12.7 Å². The Labute approximate surface area is 248 Å². The van der Waals surface area contributed by atoms with Gasteiger partial charge in [0.05, 0.1) is 11.7 Å². The van der Waals surface area contributed by atoms with Gasteiger partial charge < -0.3 is 19.5 Å².